The molecule has 2 heterocycles. The highest BCUT2D eigenvalue weighted by Gasteiger charge is 2.40. The molecule has 5 heteroatoms. The molecule has 0 bridgehead atoms. The lowest BCUT2D eigenvalue weighted by molar-refractivity contribution is -0.156. The molecule has 5 nitrogen and oxygen atoms in total. The molecule has 1 aliphatic rings. The van der Waals surface area contributed by atoms with Crippen molar-refractivity contribution in [1.29, 1.82) is 0 Å². The highest BCUT2D eigenvalue weighted by molar-refractivity contribution is 5.89. The van der Waals surface area contributed by atoms with Gasteiger partial charge in [0.05, 0.1) is 6.20 Å². The van der Waals surface area contributed by atoms with E-state index in [2.05, 4.69) is 5.10 Å². The summed E-state index contributed by atoms with van der Waals surface area (Å²) >= 11 is 0. The minimum atomic E-state index is -0.650. The van der Waals surface area contributed by atoms with Crippen LogP contribution in [0.1, 0.15) is 25.3 Å². The van der Waals surface area contributed by atoms with E-state index in [-0.39, 0.29) is 5.78 Å². The normalized spacial score (nSPS) is 18.8. The van der Waals surface area contributed by atoms with Gasteiger partial charge in [-0.2, -0.15) is 5.10 Å². The van der Waals surface area contributed by atoms with Gasteiger partial charge in [-0.25, -0.2) is 0 Å². The van der Waals surface area contributed by atoms with Crippen LogP contribution in [-0.2, 0) is 27.7 Å². The zero-order valence-electron chi connectivity index (χ0n) is 11.0. The number of hydrogen-bond donors (Lipinski definition) is 0. The number of aromatic nitrogens is 2. The summed E-state index contributed by atoms with van der Waals surface area (Å²) in [5.41, 5.74) is 0.288. The number of rotatable bonds is 5. The Morgan fingerprint density at radius 3 is 2.83 bits per heavy atom. The first-order valence-electron chi connectivity index (χ1n) is 6.39. The molecule has 0 unspecified atom stereocenters. The van der Waals surface area contributed by atoms with E-state index in [0.717, 1.165) is 5.56 Å². The molecule has 0 aromatic carbocycles. The minimum absolute atomic E-state index is 0.139. The van der Waals surface area contributed by atoms with Crippen LogP contribution in [0.4, 0.5) is 0 Å². The molecule has 0 spiro atoms. The molecule has 1 fully saturated rings. The molecular formula is C13H20N2O3. The van der Waals surface area contributed by atoms with Crippen molar-refractivity contribution in [2.45, 2.75) is 31.8 Å². The number of carbonyl (C=O) groups excluding carboxylic acids is 1. The van der Waals surface area contributed by atoms with Crippen LogP contribution < -0.4 is 0 Å². The Morgan fingerprint density at radius 1 is 1.56 bits per heavy atom. The van der Waals surface area contributed by atoms with Gasteiger partial charge in [0, 0.05) is 52.3 Å². The van der Waals surface area contributed by atoms with E-state index in [1.165, 1.54) is 0 Å². The van der Waals surface area contributed by atoms with Crippen molar-refractivity contribution in [3.8, 4) is 0 Å². The van der Waals surface area contributed by atoms with E-state index < -0.39 is 5.60 Å². The average molecular weight is 252 g/mol. The maximum Gasteiger partial charge on any atom is 0.169 e. The van der Waals surface area contributed by atoms with E-state index >= 15 is 0 Å². The zero-order chi connectivity index (χ0) is 13.0. The van der Waals surface area contributed by atoms with Gasteiger partial charge in [-0.1, -0.05) is 0 Å². The Bertz CT molecular complexity index is 403. The molecule has 2 rings (SSSR count). The van der Waals surface area contributed by atoms with Gasteiger partial charge in [0.15, 0.2) is 5.78 Å². The van der Waals surface area contributed by atoms with Gasteiger partial charge < -0.3 is 9.47 Å². The van der Waals surface area contributed by atoms with Gasteiger partial charge in [0.1, 0.15) is 5.60 Å². The maximum absolute atomic E-state index is 12.5. The van der Waals surface area contributed by atoms with Crippen molar-refractivity contribution in [3.05, 3.63) is 18.0 Å². The summed E-state index contributed by atoms with van der Waals surface area (Å²) < 4.78 is 12.8. The van der Waals surface area contributed by atoms with Crippen molar-refractivity contribution < 1.29 is 14.3 Å². The Kier molecular flexibility index (Phi) is 4.14. The van der Waals surface area contributed by atoms with Crippen molar-refractivity contribution >= 4 is 5.78 Å². The first kappa shape index (κ1) is 13.2. The van der Waals surface area contributed by atoms with E-state index in [1.54, 1.807) is 10.9 Å². The first-order valence-corrected chi connectivity index (χ1v) is 6.39. The number of Topliss-reactive ketones (excluding diaryl/α,β-unsaturated/α-hetero) is 1. The summed E-state index contributed by atoms with van der Waals surface area (Å²) in [7, 11) is 1.85. The third kappa shape index (κ3) is 2.79. The summed E-state index contributed by atoms with van der Waals surface area (Å²) in [6.07, 6.45) is 5.29. The van der Waals surface area contributed by atoms with Crippen molar-refractivity contribution in [2.75, 3.05) is 19.8 Å². The first-order chi connectivity index (χ1) is 8.66. The van der Waals surface area contributed by atoms with Gasteiger partial charge in [-0.3, -0.25) is 9.48 Å². The van der Waals surface area contributed by atoms with Crippen LogP contribution >= 0.6 is 0 Å². The summed E-state index contributed by atoms with van der Waals surface area (Å²) in [6, 6.07) is 0. The smallest absolute Gasteiger partial charge is 0.169 e. The van der Waals surface area contributed by atoms with Gasteiger partial charge in [0.2, 0.25) is 0 Å². The maximum atomic E-state index is 12.5. The second-order valence-electron chi connectivity index (χ2n) is 4.66. The summed E-state index contributed by atoms with van der Waals surface area (Å²) in [5.74, 6) is 0.139. The minimum Gasteiger partial charge on any atom is -0.381 e. The highest BCUT2D eigenvalue weighted by Crippen LogP contribution is 2.27. The van der Waals surface area contributed by atoms with E-state index in [4.69, 9.17) is 9.47 Å². The molecule has 1 aliphatic heterocycles. The molecular weight excluding hydrogens is 232 g/mol. The fourth-order valence-corrected chi connectivity index (χ4v) is 2.39. The van der Waals surface area contributed by atoms with Gasteiger partial charge in [-0.15, -0.1) is 0 Å². The molecule has 0 radical (unpaired) electrons. The Hall–Kier alpha value is -1.20. The fraction of sp³-hybridized carbons (Fsp3) is 0.692. The molecule has 0 N–H and O–H groups in total. The number of ketones is 1. The predicted molar refractivity (Wildman–Crippen MR) is 66.3 cm³/mol. The Labute approximate surface area is 107 Å². The SMILES string of the molecule is CCOC1(C(=O)Cc2cnn(C)c2)CCOCC1. The zero-order valence-corrected chi connectivity index (χ0v) is 11.0. The standard InChI is InChI=1S/C13H20N2O3/c1-3-18-13(4-6-17-7-5-13)12(16)8-11-9-14-15(2)10-11/h9-10H,3-8H2,1-2H3. The molecule has 1 aromatic heterocycles. The quantitative estimate of drug-likeness (QED) is 0.788. The number of aryl methyl sites for hydroxylation is 1. The lowest BCUT2D eigenvalue weighted by Crippen LogP contribution is -2.47. The van der Waals surface area contributed by atoms with Gasteiger partial charge in [-0.05, 0) is 12.5 Å². The molecule has 0 atom stereocenters. The summed E-state index contributed by atoms with van der Waals surface area (Å²) in [5, 5.41) is 4.08. The molecule has 0 aliphatic carbocycles. The number of ether oxygens (including phenoxy) is 2. The third-order valence-corrected chi connectivity index (χ3v) is 3.35. The van der Waals surface area contributed by atoms with E-state index in [1.807, 2.05) is 20.2 Å². The van der Waals surface area contributed by atoms with Crippen molar-refractivity contribution in [2.24, 2.45) is 7.05 Å². The largest absolute Gasteiger partial charge is 0.381 e. The molecule has 0 amide bonds. The van der Waals surface area contributed by atoms with Crippen LogP contribution in [-0.4, -0.2) is 41.0 Å². The summed E-state index contributed by atoms with van der Waals surface area (Å²) in [6.45, 7) is 3.67. The number of nitrogens with zero attached hydrogens (tertiary/aromatic N) is 2. The van der Waals surface area contributed by atoms with Crippen molar-refractivity contribution in [1.82, 2.24) is 9.78 Å². The molecule has 0 saturated carbocycles. The third-order valence-electron chi connectivity index (χ3n) is 3.35. The molecule has 1 aromatic rings. The van der Waals surface area contributed by atoms with Crippen LogP contribution in [0.15, 0.2) is 12.4 Å². The van der Waals surface area contributed by atoms with Crippen LogP contribution in [0, 0.1) is 0 Å². The second kappa shape index (κ2) is 5.63. The Morgan fingerprint density at radius 2 is 2.28 bits per heavy atom. The topological polar surface area (TPSA) is 53.3 Å². The lowest BCUT2D eigenvalue weighted by Gasteiger charge is -2.35. The van der Waals surface area contributed by atoms with Gasteiger partial charge in [0.25, 0.3) is 0 Å². The van der Waals surface area contributed by atoms with Gasteiger partial charge >= 0.3 is 0 Å². The number of hydrogen-bond acceptors (Lipinski definition) is 4. The highest BCUT2D eigenvalue weighted by atomic mass is 16.5. The fourth-order valence-electron chi connectivity index (χ4n) is 2.39. The molecule has 1 saturated heterocycles. The molecule has 100 valence electrons. The Balaban J connectivity index is 2.08. The van der Waals surface area contributed by atoms with E-state index in [9.17, 15) is 4.79 Å². The second-order valence-corrected chi connectivity index (χ2v) is 4.66. The average Bonchev–Trinajstić information content (AvgIpc) is 2.76. The predicted octanol–water partition coefficient (Wildman–Crippen LogP) is 1.12. The summed E-state index contributed by atoms with van der Waals surface area (Å²) in [4.78, 5) is 12.5. The van der Waals surface area contributed by atoms with Crippen LogP contribution in [0.2, 0.25) is 0 Å². The lowest BCUT2D eigenvalue weighted by atomic mass is 9.86. The van der Waals surface area contributed by atoms with Crippen molar-refractivity contribution in [3.63, 3.8) is 0 Å². The van der Waals surface area contributed by atoms with Crippen LogP contribution in [0.3, 0.4) is 0 Å². The van der Waals surface area contributed by atoms with E-state index in [0.29, 0.717) is 39.1 Å². The number of carbonyl (C=O) groups is 1. The monoisotopic (exact) mass is 252 g/mol. The van der Waals surface area contributed by atoms with Crippen LogP contribution in [0.5, 0.6) is 0 Å². The molecule has 18 heavy (non-hydrogen) atoms. The van der Waals surface area contributed by atoms with Crippen LogP contribution in [0.25, 0.3) is 0 Å².